The molecule has 26 heavy (non-hydrogen) atoms. The Balaban J connectivity index is 2.06. The zero-order chi connectivity index (χ0) is 18.9. The third kappa shape index (κ3) is 1.80. The highest BCUT2D eigenvalue weighted by molar-refractivity contribution is 8.59. The summed E-state index contributed by atoms with van der Waals surface area (Å²) < 4.78 is 0. The van der Waals surface area contributed by atoms with Crippen molar-refractivity contribution in [2.45, 2.75) is 36.1 Å². The summed E-state index contributed by atoms with van der Waals surface area (Å²) in [6.07, 6.45) is 3.65. The normalized spacial score (nSPS) is 40.5. The third-order valence-corrected chi connectivity index (χ3v) is 13.9. The summed E-state index contributed by atoms with van der Waals surface area (Å²) in [5.41, 5.74) is -0.0911. The number of carbonyl (C=O) groups excluding carboxylic acids is 2. The van der Waals surface area contributed by atoms with Gasteiger partial charge in [-0.15, -0.1) is 0 Å². The lowest BCUT2D eigenvalue weighted by molar-refractivity contribution is -0.159. The van der Waals surface area contributed by atoms with Crippen LogP contribution < -0.4 is 0 Å². The molecule has 0 N–H and O–H groups in total. The van der Waals surface area contributed by atoms with Gasteiger partial charge >= 0.3 is 0 Å². The number of aromatic nitrogens is 1. The molecule has 2 bridgehead atoms. The van der Waals surface area contributed by atoms with Crippen molar-refractivity contribution >= 4 is 50.2 Å². The molecule has 3 aliphatic heterocycles. The van der Waals surface area contributed by atoms with Gasteiger partial charge in [0.2, 0.25) is 0 Å². The lowest BCUT2D eigenvalue weighted by Gasteiger charge is -2.39. The average Bonchev–Trinajstić information content (AvgIpc) is 3.08. The minimum atomic E-state index is -1.01. The first-order valence-corrected chi connectivity index (χ1v) is 12.8. The molecule has 10 heteroatoms. The van der Waals surface area contributed by atoms with Crippen molar-refractivity contribution in [1.29, 1.82) is 5.26 Å². The predicted octanol–water partition coefficient (Wildman–Crippen LogP) is 0.858. The van der Waals surface area contributed by atoms with Crippen molar-refractivity contribution in [3.8, 4) is 6.07 Å². The van der Waals surface area contributed by atoms with E-state index in [9.17, 15) is 14.9 Å². The fourth-order valence-corrected chi connectivity index (χ4v) is 13.5. The van der Waals surface area contributed by atoms with Crippen LogP contribution in [0.4, 0.5) is 0 Å². The molecular formula is C16H16N4O2S4. The van der Waals surface area contributed by atoms with Gasteiger partial charge in [0.15, 0.2) is 9.74 Å². The fraction of sp³-hybridized carbons (Fsp3) is 0.500. The smallest absolute Gasteiger partial charge is 0.261 e. The van der Waals surface area contributed by atoms with E-state index in [2.05, 4.69) is 11.1 Å². The maximum atomic E-state index is 13.5. The molecule has 5 atom stereocenters. The van der Waals surface area contributed by atoms with E-state index in [1.54, 1.807) is 35.3 Å². The van der Waals surface area contributed by atoms with E-state index in [-0.39, 0.29) is 11.8 Å². The second-order valence-corrected chi connectivity index (χ2v) is 13.7. The Morgan fingerprint density at radius 2 is 2.15 bits per heavy atom. The zero-order valence-corrected chi connectivity index (χ0v) is 17.6. The van der Waals surface area contributed by atoms with Crippen LogP contribution in [0, 0.1) is 16.7 Å². The van der Waals surface area contributed by atoms with E-state index in [1.165, 1.54) is 8.88 Å². The first-order chi connectivity index (χ1) is 12.3. The number of likely N-dealkylation sites (N-methyl/N-ethyl adjacent to an activating group) is 1. The summed E-state index contributed by atoms with van der Waals surface area (Å²) >= 11 is 5.10. The van der Waals surface area contributed by atoms with Crippen LogP contribution in [0.3, 0.4) is 0 Å². The zero-order valence-electron chi connectivity index (χ0n) is 14.3. The number of amides is 2. The molecule has 4 rings (SSSR count). The van der Waals surface area contributed by atoms with E-state index in [1.807, 2.05) is 19.9 Å². The monoisotopic (exact) mass is 424 g/mol. The number of hydrogen-bond donors (Lipinski definition) is 0. The maximum Gasteiger partial charge on any atom is 0.261 e. The van der Waals surface area contributed by atoms with Crippen LogP contribution in [-0.4, -0.2) is 43.4 Å². The summed E-state index contributed by atoms with van der Waals surface area (Å²) in [5, 5.41) is 9.99. The molecule has 1 aromatic rings. The molecule has 0 saturated carbocycles. The van der Waals surface area contributed by atoms with Crippen molar-refractivity contribution in [1.82, 2.24) is 14.8 Å². The van der Waals surface area contributed by atoms with Gasteiger partial charge in [-0.1, -0.05) is 6.07 Å². The predicted molar refractivity (Wildman–Crippen MR) is 106 cm³/mol. The topological polar surface area (TPSA) is 77.3 Å². The number of nitriles is 1. The minimum Gasteiger partial charge on any atom is -0.320 e. The van der Waals surface area contributed by atoms with Gasteiger partial charge in [-0.2, -0.15) is 5.26 Å². The van der Waals surface area contributed by atoms with Crippen molar-refractivity contribution in [3.63, 3.8) is 0 Å². The molecule has 136 valence electrons. The molecule has 3 saturated heterocycles. The van der Waals surface area contributed by atoms with Gasteiger partial charge in [-0.3, -0.25) is 14.6 Å². The van der Waals surface area contributed by atoms with Gasteiger partial charge in [0.25, 0.3) is 11.8 Å². The Morgan fingerprint density at radius 1 is 1.42 bits per heavy atom. The van der Waals surface area contributed by atoms with Crippen LogP contribution in [0.15, 0.2) is 24.5 Å². The minimum absolute atomic E-state index is 0.0904. The molecular weight excluding hydrogens is 408 g/mol. The highest BCUT2D eigenvalue weighted by Crippen LogP contribution is 2.64. The van der Waals surface area contributed by atoms with Gasteiger partial charge in [-0.05, 0) is 63.9 Å². The second-order valence-electron chi connectivity index (χ2n) is 7.11. The summed E-state index contributed by atoms with van der Waals surface area (Å²) in [6, 6.07) is 5.56. The molecule has 1 aromatic heterocycles. The van der Waals surface area contributed by atoms with E-state index in [0.717, 1.165) is 14.4 Å². The standard InChI is InChI=1S/C16H16N4O2S4/c1-14(9-17)8-16-13(22)19(3)15(2,26(16)25-24-23)12(21)20(16)11(14)10-5-4-6-18-7-10/h4-7,11H,8H2,1-3H3/t11?,14-,15+,16+,26?/m1/s1. The molecule has 1 spiro atoms. The van der Waals surface area contributed by atoms with Gasteiger partial charge in [0, 0.05) is 25.9 Å². The first-order valence-electron chi connectivity index (χ1n) is 7.93. The molecule has 2 unspecified atom stereocenters. The van der Waals surface area contributed by atoms with Crippen LogP contribution in [0.25, 0.3) is 0 Å². The number of piperazine rings is 1. The Morgan fingerprint density at radius 3 is 2.73 bits per heavy atom. The number of pyridine rings is 1. The largest absolute Gasteiger partial charge is 0.320 e. The SMILES string of the molecule is CN1C(=O)[C@@]23C[C@](C)(C#N)C(c4cccnc4)N2C(=O)[C@]1(C)S3=S=S=S. The van der Waals surface area contributed by atoms with Gasteiger partial charge < -0.3 is 9.80 Å². The van der Waals surface area contributed by atoms with Crippen LogP contribution >= 0.6 is 0 Å². The highest BCUT2D eigenvalue weighted by Gasteiger charge is 2.80. The van der Waals surface area contributed by atoms with E-state index >= 15 is 0 Å². The second kappa shape index (κ2) is 5.55. The molecule has 0 aliphatic carbocycles. The third-order valence-electron chi connectivity index (χ3n) is 5.77. The van der Waals surface area contributed by atoms with E-state index in [0.29, 0.717) is 6.42 Å². The molecule has 6 nitrogen and oxygen atoms in total. The Kier molecular flexibility index (Phi) is 3.83. The van der Waals surface area contributed by atoms with Crippen LogP contribution in [0.1, 0.15) is 31.9 Å². The number of carbonyl (C=O) groups is 2. The summed E-state index contributed by atoms with van der Waals surface area (Å²) in [7, 11) is 3.58. The molecule has 0 radical (unpaired) electrons. The Bertz CT molecular complexity index is 997. The van der Waals surface area contributed by atoms with E-state index in [4.69, 9.17) is 11.2 Å². The summed E-state index contributed by atoms with van der Waals surface area (Å²) in [4.78, 5) is 32.4. The van der Waals surface area contributed by atoms with Crippen molar-refractivity contribution < 1.29 is 9.59 Å². The summed E-state index contributed by atoms with van der Waals surface area (Å²) in [6.45, 7) is 3.66. The number of fused-ring (bicyclic) bond motifs is 1. The van der Waals surface area contributed by atoms with Crippen LogP contribution in [0.5, 0.6) is 0 Å². The van der Waals surface area contributed by atoms with Gasteiger partial charge in [0.1, 0.15) is 0 Å². The average molecular weight is 425 g/mol. The van der Waals surface area contributed by atoms with Crippen molar-refractivity contribution in [2.75, 3.05) is 7.05 Å². The summed E-state index contributed by atoms with van der Waals surface area (Å²) in [5.74, 6) is -0.195. The molecule has 2 amide bonds. The van der Waals surface area contributed by atoms with E-state index < -0.39 is 30.7 Å². The Labute approximate surface area is 164 Å². The van der Waals surface area contributed by atoms with Crippen molar-refractivity contribution in [2.24, 2.45) is 5.41 Å². The number of nitrogens with zero attached hydrogens (tertiary/aromatic N) is 4. The van der Waals surface area contributed by atoms with Gasteiger partial charge in [0.05, 0.1) is 17.5 Å². The van der Waals surface area contributed by atoms with Crippen LogP contribution in [0.2, 0.25) is 0 Å². The van der Waals surface area contributed by atoms with Crippen molar-refractivity contribution in [3.05, 3.63) is 30.1 Å². The van der Waals surface area contributed by atoms with Crippen LogP contribution in [-0.2, 0) is 48.0 Å². The number of rotatable bonds is 1. The lowest BCUT2D eigenvalue weighted by Crippen LogP contribution is -2.60. The molecule has 4 heterocycles. The highest BCUT2D eigenvalue weighted by atomic mass is 33.2. The first kappa shape index (κ1) is 18.0. The molecule has 0 aromatic carbocycles. The Hall–Kier alpha value is -1.41. The maximum absolute atomic E-state index is 13.5. The molecule has 3 aliphatic rings. The molecule has 3 fully saturated rings. The quantitative estimate of drug-likeness (QED) is 0.668. The lowest BCUT2D eigenvalue weighted by atomic mass is 9.80. The van der Waals surface area contributed by atoms with Gasteiger partial charge in [-0.25, -0.2) is 0 Å². The fourth-order valence-electron chi connectivity index (χ4n) is 4.53. The number of hydrogen-bond acceptors (Lipinski definition) is 5.